The zero-order chi connectivity index (χ0) is 30.2. The molecule has 1 N–H and O–H groups in total. The topological polar surface area (TPSA) is 96.0 Å². The number of anilines is 1. The molecule has 0 fully saturated rings. The first-order valence-corrected chi connectivity index (χ1v) is 15.5. The van der Waals surface area contributed by atoms with Crippen LogP contribution in [0, 0.1) is 6.92 Å². The second kappa shape index (κ2) is 14.4. The normalized spacial score (nSPS) is 12.7. The van der Waals surface area contributed by atoms with Crippen LogP contribution in [0.4, 0.5) is 5.69 Å². The number of nitrogens with zero attached hydrogens (tertiary/aromatic N) is 2. The highest BCUT2D eigenvalue weighted by Gasteiger charge is 2.34. The van der Waals surface area contributed by atoms with Gasteiger partial charge in [0.05, 0.1) is 17.2 Å². The first kappa shape index (κ1) is 32.0. The van der Waals surface area contributed by atoms with Crippen molar-refractivity contribution < 1.29 is 22.7 Å². The summed E-state index contributed by atoms with van der Waals surface area (Å²) in [5.41, 5.74) is 1.75. The number of benzene rings is 3. The number of para-hydroxylation sites is 2. The summed E-state index contributed by atoms with van der Waals surface area (Å²) < 4.78 is 34.9. The van der Waals surface area contributed by atoms with Gasteiger partial charge in [0.1, 0.15) is 18.3 Å². The zero-order valence-corrected chi connectivity index (χ0v) is 25.7. The first-order chi connectivity index (χ1) is 19.5. The molecule has 220 valence electrons. The second-order valence-corrected chi connectivity index (χ2v) is 12.1. The maximum atomic E-state index is 14.1. The second-order valence-electron chi connectivity index (χ2n) is 9.83. The summed E-state index contributed by atoms with van der Waals surface area (Å²) in [6.07, 6.45) is 0.716. The predicted octanol–water partition coefficient (Wildman–Crippen LogP) is 5.57. The lowest BCUT2D eigenvalue weighted by molar-refractivity contribution is -0.139. The monoisotopic (exact) mass is 599 g/mol. The van der Waals surface area contributed by atoms with E-state index >= 15 is 0 Å². The molecule has 3 aromatic rings. The van der Waals surface area contributed by atoms with Gasteiger partial charge in [-0.05, 0) is 70.0 Å². The summed E-state index contributed by atoms with van der Waals surface area (Å²) >= 11 is 6.43. The molecule has 2 unspecified atom stereocenters. The van der Waals surface area contributed by atoms with E-state index in [4.69, 9.17) is 16.3 Å². The van der Waals surface area contributed by atoms with E-state index in [-0.39, 0.29) is 29.1 Å². The fraction of sp³-hybridized carbons (Fsp3) is 0.355. The van der Waals surface area contributed by atoms with Gasteiger partial charge in [-0.25, -0.2) is 8.42 Å². The smallest absolute Gasteiger partial charge is 0.264 e. The van der Waals surface area contributed by atoms with Crippen molar-refractivity contribution >= 4 is 39.1 Å². The Morgan fingerprint density at radius 3 is 2.22 bits per heavy atom. The van der Waals surface area contributed by atoms with Crippen LogP contribution in [0.1, 0.15) is 45.2 Å². The Bertz CT molecular complexity index is 1450. The minimum Gasteiger partial charge on any atom is -0.492 e. The van der Waals surface area contributed by atoms with Crippen molar-refractivity contribution in [2.45, 2.75) is 64.6 Å². The lowest BCUT2D eigenvalue weighted by Crippen LogP contribution is -2.52. The summed E-state index contributed by atoms with van der Waals surface area (Å²) in [6, 6.07) is 19.1. The fourth-order valence-corrected chi connectivity index (χ4v) is 5.77. The quantitative estimate of drug-likeness (QED) is 0.277. The molecular weight excluding hydrogens is 562 g/mol. The van der Waals surface area contributed by atoms with Crippen molar-refractivity contribution in [2.24, 2.45) is 0 Å². The van der Waals surface area contributed by atoms with Gasteiger partial charge < -0.3 is 15.0 Å². The highest BCUT2D eigenvalue weighted by atomic mass is 35.5. The van der Waals surface area contributed by atoms with Crippen LogP contribution in [-0.2, 0) is 26.2 Å². The number of hydrogen-bond donors (Lipinski definition) is 1. The Kier molecular flexibility index (Phi) is 11.2. The Morgan fingerprint density at radius 2 is 1.59 bits per heavy atom. The van der Waals surface area contributed by atoms with E-state index in [9.17, 15) is 18.0 Å². The number of hydrogen-bond acceptors (Lipinski definition) is 5. The number of sulfonamides is 1. The molecule has 8 nitrogen and oxygen atoms in total. The average molecular weight is 600 g/mol. The maximum absolute atomic E-state index is 14.1. The Balaban J connectivity index is 2.09. The van der Waals surface area contributed by atoms with Crippen molar-refractivity contribution in [3.63, 3.8) is 0 Å². The molecule has 41 heavy (non-hydrogen) atoms. The van der Waals surface area contributed by atoms with Gasteiger partial charge in [0.15, 0.2) is 0 Å². The van der Waals surface area contributed by atoms with Gasteiger partial charge in [-0.2, -0.15) is 0 Å². The third-order valence-electron chi connectivity index (χ3n) is 6.79. The van der Waals surface area contributed by atoms with Gasteiger partial charge in [0.2, 0.25) is 11.8 Å². The number of halogens is 1. The molecule has 0 saturated carbocycles. The minimum absolute atomic E-state index is 0.0130. The number of ether oxygens (including phenoxy) is 1. The maximum Gasteiger partial charge on any atom is 0.264 e. The first-order valence-electron chi connectivity index (χ1n) is 13.6. The van der Waals surface area contributed by atoms with Gasteiger partial charge in [-0.15, -0.1) is 0 Å². The molecule has 0 heterocycles. The van der Waals surface area contributed by atoms with Gasteiger partial charge in [0.25, 0.3) is 10.0 Å². The molecule has 2 atom stereocenters. The van der Waals surface area contributed by atoms with Crippen LogP contribution in [0.3, 0.4) is 0 Å². The molecule has 2 amide bonds. The van der Waals surface area contributed by atoms with Crippen LogP contribution in [0.2, 0.25) is 5.02 Å². The van der Waals surface area contributed by atoms with E-state index in [0.29, 0.717) is 29.4 Å². The molecule has 0 saturated heterocycles. The molecule has 0 aliphatic carbocycles. The lowest BCUT2D eigenvalue weighted by Gasteiger charge is -2.33. The van der Waals surface area contributed by atoms with Crippen molar-refractivity contribution in [3.05, 3.63) is 88.9 Å². The fourth-order valence-electron chi connectivity index (χ4n) is 4.15. The van der Waals surface area contributed by atoms with Gasteiger partial charge in [-0.3, -0.25) is 13.9 Å². The highest BCUT2D eigenvalue weighted by Crippen LogP contribution is 2.33. The lowest BCUT2D eigenvalue weighted by atomic mass is 10.1. The van der Waals surface area contributed by atoms with E-state index in [0.717, 1.165) is 9.87 Å². The molecule has 0 aromatic heterocycles. The van der Waals surface area contributed by atoms with Crippen LogP contribution in [0.5, 0.6) is 5.75 Å². The summed E-state index contributed by atoms with van der Waals surface area (Å²) in [7, 11) is -4.21. The van der Waals surface area contributed by atoms with E-state index < -0.39 is 28.5 Å². The molecule has 10 heteroatoms. The molecule has 3 rings (SSSR count). The molecule has 0 radical (unpaired) electrons. The molecule has 0 bridgehead atoms. The molecular formula is C31H38ClN3O5S. The summed E-state index contributed by atoms with van der Waals surface area (Å²) in [5.74, 6) is -0.597. The minimum atomic E-state index is -4.21. The Labute approximate surface area is 248 Å². The number of nitrogens with one attached hydrogen (secondary N) is 1. The zero-order valence-electron chi connectivity index (χ0n) is 24.1. The van der Waals surface area contributed by atoms with Crippen LogP contribution in [0.25, 0.3) is 0 Å². The van der Waals surface area contributed by atoms with Crippen LogP contribution < -0.4 is 14.4 Å². The van der Waals surface area contributed by atoms with Crippen molar-refractivity contribution in [1.29, 1.82) is 0 Å². The standard InChI is InChI=1S/C31H38ClN3O5S/c1-6-23(4)33-31(37)24(5)34(20-25-12-8-9-13-27(25)32)30(36)21-35(28-14-10-11-15-29(28)40-7-2)41(38,39)26-18-16-22(3)17-19-26/h8-19,23-24H,6-7,20-21H2,1-5H3,(H,33,37). The Hall–Kier alpha value is -3.56. The van der Waals surface area contributed by atoms with Crippen LogP contribution in [-0.4, -0.2) is 50.4 Å². The van der Waals surface area contributed by atoms with E-state index in [1.54, 1.807) is 74.5 Å². The number of rotatable bonds is 13. The largest absolute Gasteiger partial charge is 0.492 e. The number of aryl methyl sites for hydroxylation is 1. The number of carbonyl (C=O) groups is 2. The predicted molar refractivity (Wildman–Crippen MR) is 163 cm³/mol. The summed E-state index contributed by atoms with van der Waals surface area (Å²) in [6.45, 7) is 8.86. The SMILES string of the molecule is CCOc1ccccc1N(CC(=O)N(Cc1ccccc1Cl)C(C)C(=O)NC(C)CC)S(=O)(=O)c1ccc(C)cc1. The van der Waals surface area contributed by atoms with Crippen LogP contribution >= 0.6 is 11.6 Å². The molecule has 0 spiro atoms. The third kappa shape index (κ3) is 8.01. The molecule has 3 aromatic carbocycles. The average Bonchev–Trinajstić information content (AvgIpc) is 2.95. The van der Waals surface area contributed by atoms with E-state index in [1.807, 2.05) is 20.8 Å². The number of amides is 2. The van der Waals surface area contributed by atoms with Crippen molar-refractivity contribution in [1.82, 2.24) is 10.2 Å². The molecule has 0 aliphatic rings. The van der Waals surface area contributed by atoms with E-state index in [2.05, 4.69) is 5.32 Å². The van der Waals surface area contributed by atoms with Crippen LogP contribution in [0.15, 0.2) is 77.7 Å². The summed E-state index contributed by atoms with van der Waals surface area (Å²) in [4.78, 5) is 28.7. The van der Waals surface area contributed by atoms with Gasteiger partial charge in [-0.1, -0.05) is 66.6 Å². The highest BCUT2D eigenvalue weighted by molar-refractivity contribution is 7.92. The number of carbonyl (C=O) groups excluding carboxylic acids is 2. The Morgan fingerprint density at radius 1 is 0.951 bits per heavy atom. The van der Waals surface area contributed by atoms with Gasteiger partial charge >= 0.3 is 0 Å². The van der Waals surface area contributed by atoms with E-state index in [1.165, 1.54) is 17.0 Å². The van der Waals surface area contributed by atoms with Crippen molar-refractivity contribution in [3.8, 4) is 5.75 Å². The third-order valence-corrected chi connectivity index (χ3v) is 8.93. The molecule has 0 aliphatic heterocycles. The van der Waals surface area contributed by atoms with Crippen molar-refractivity contribution in [2.75, 3.05) is 17.5 Å². The summed E-state index contributed by atoms with van der Waals surface area (Å²) in [5, 5.41) is 3.36. The van der Waals surface area contributed by atoms with Gasteiger partial charge in [0, 0.05) is 17.6 Å².